The van der Waals surface area contributed by atoms with E-state index < -0.39 is 5.63 Å². The highest BCUT2D eigenvalue weighted by molar-refractivity contribution is 5.79. The van der Waals surface area contributed by atoms with E-state index in [1.165, 1.54) is 6.07 Å². The van der Waals surface area contributed by atoms with Crippen molar-refractivity contribution in [3.63, 3.8) is 0 Å². The quantitative estimate of drug-likeness (QED) is 0.697. The molecule has 3 heterocycles. The summed E-state index contributed by atoms with van der Waals surface area (Å²) >= 11 is 0. The van der Waals surface area contributed by atoms with Gasteiger partial charge in [0, 0.05) is 32.0 Å². The molecular formula is C19H20N4O4. The summed E-state index contributed by atoms with van der Waals surface area (Å²) in [6.07, 6.45) is 1.40. The minimum Gasteiger partial charge on any atom is -0.490 e. The van der Waals surface area contributed by atoms with E-state index in [1.54, 1.807) is 17.7 Å². The summed E-state index contributed by atoms with van der Waals surface area (Å²) in [5.41, 5.74) is 1.21. The van der Waals surface area contributed by atoms with E-state index in [1.807, 2.05) is 29.2 Å². The first-order valence-electron chi connectivity index (χ1n) is 8.93. The van der Waals surface area contributed by atoms with Crippen LogP contribution in [0.2, 0.25) is 0 Å². The van der Waals surface area contributed by atoms with Crippen LogP contribution in [0.4, 0.5) is 0 Å². The van der Waals surface area contributed by atoms with Gasteiger partial charge in [-0.25, -0.2) is 9.48 Å². The predicted octanol–water partition coefficient (Wildman–Crippen LogP) is 1.76. The van der Waals surface area contributed by atoms with Crippen molar-refractivity contribution in [2.24, 2.45) is 0 Å². The molecule has 0 saturated carbocycles. The molecule has 4 rings (SSSR count). The SMILES string of the molecule is Cc1cc(OC2CCN(C(=O)Cn3nnc4ccccc43)CC2)cc(=O)o1. The zero-order valence-electron chi connectivity index (χ0n) is 15.0. The number of nitrogens with zero attached hydrogens (tertiary/aromatic N) is 4. The van der Waals surface area contributed by atoms with Crippen LogP contribution < -0.4 is 10.4 Å². The summed E-state index contributed by atoms with van der Waals surface area (Å²) in [4.78, 5) is 25.9. The zero-order chi connectivity index (χ0) is 18.8. The van der Waals surface area contributed by atoms with Gasteiger partial charge in [-0.15, -0.1) is 5.10 Å². The second-order valence-corrected chi connectivity index (χ2v) is 6.66. The van der Waals surface area contributed by atoms with Crippen molar-refractivity contribution in [2.45, 2.75) is 32.4 Å². The van der Waals surface area contributed by atoms with Crippen LogP contribution in [0.5, 0.6) is 5.75 Å². The van der Waals surface area contributed by atoms with Crippen LogP contribution in [0.3, 0.4) is 0 Å². The maximum atomic E-state index is 12.6. The van der Waals surface area contributed by atoms with E-state index in [4.69, 9.17) is 9.15 Å². The van der Waals surface area contributed by atoms with E-state index in [0.717, 1.165) is 11.0 Å². The highest BCUT2D eigenvalue weighted by Crippen LogP contribution is 2.19. The Morgan fingerprint density at radius 3 is 2.81 bits per heavy atom. The molecule has 0 radical (unpaired) electrons. The van der Waals surface area contributed by atoms with Crippen molar-refractivity contribution in [1.82, 2.24) is 19.9 Å². The van der Waals surface area contributed by atoms with Crippen LogP contribution >= 0.6 is 0 Å². The Morgan fingerprint density at radius 1 is 1.26 bits per heavy atom. The average Bonchev–Trinajstić information content (AvgIpc) is 3.04. The molecule has 2 aromatic heterocycles. The molecule has 0 bridgehead atoms. The van der Waals surface area contributed by atoms with Crippen LogP contribution in [-0.4, -0.2) is 45.0 Å². The number of fused-ring (bicyclic) bond motifs is 1. The summed E-state index contributed by atoms with van der Waals surface area (Å²) in [6, 6.07) is 10.6. The molecule has 0 aliphatic carbocycles. The number of carbonyl (C=O) groups is 1. The summed E-state index contributed by atoms with van der Waals surface area (Å²) in [6.45, 7) is 3.10. The van der Waals surface area contributed by atoms with Gasteiger partial charge in [-0.1, -0.05) is 17.3 Å². The summed E-state index contributed by atoms with van der Waals surface area (Å²) < 4.78 is 12.4. The number of carbonyl (C=O) groups excluding carboxylic acids is 1. The zero-order valence-corrected chi connectivity index (χ0v) is 15.0. The van der Waals surface area contributed by atoms with Gasteiger partial charge >= 0.3 is 5.63 Å². The number of hydrogen-bond acceptors (Lipinski definition) is 6. The molecule has 1 fully saturated rings. The Balaban J connectivity index is 1.34. The van der Waals surface area contributed by atoms with Gasteiger partial charge in [0.15, 0.2) is 0 Å². The Hall–Kier alpha value is -3.16. The normalized spacial score (nSPS) is 15.2. The molecule has 27 heavy (non-hydrogen) atoms. The van der Waals surface area contributed by atoms with Crippen molar-refractivity contribution in [1.29, 1.82) is 0 Å². The van der Waals surface area contributed by atoms with Crippen LogP contribution in [-0.2, 0) is 11.3 Å². The van der Waals surface area contributed by atoms with E-state index in [2.05, 4.69) is 10.3 Å². The van der Waals surface area contributed by atoms with E-state index in [0.29, 0.717) is 37.4 Å². The molecule has 0 spiro atoms. The van der Waals surface area contributed by atoms with Crippen molar-refractivity contribution >= 4 is 16.9 Å². The number of aromatic nitrogens is 3. The van der Waals surface area contributed by atoms with Gasteiger partial charge < -0.3 is 14.1 Å². The number of rotatable bonds is 4. The topological polar surface area (TPSA) is 90.5 Å². The van der Waals surface area contributed by atoms with Gasteiger partial charge in [0.05, 0.1) is 11.6 Å². The van der Waals surface area contributed by atoms with Crippen molar-refractivity contribution in [2.75, 3.05) is 13.1 Å². The number of hydrogen-bond donors (Lipinski definition) is 0. The average molecular weight is 368 g/mol. The fourth-order valence-corrected chi connectivity index (χ4v) is 3.32. The molecule has 1 aliphatic heterocycles. The summed E-state index contributed by atoms with van der Waals surface area (Å²) in [5, 5.41) is 8.15. The molecule has 140 valence electrons. The summed E-state index contributed by atoms with van der Waals surface area (Å²) in [5.74, 6) is 1.05. The van der Waals surface area contributed by atoms with Crippen LogP contribution in [0, 0.1) is 6.92 Å². The number of benzene rings is 1. The second kappa shape index (κ2) is 7.22. The maximum Gasteiger partial charge on any atom is 0.339 e. The smallest absolute Gasteiger partial charge is 0.339 e. The minimum atomic E-state index is -0.419. The molecule has 8 nitrogen and oxygen atoms in total. The van der Waals surface area contributed by atoms with Crippen molar-refractivity contribution < 1.29 is 13.9 Å². The van der Waals surface area contributed by atoms with Crippen LogP contribution in [0.25, 0.3) is 11.0 Å². The Labute approximate surface area is 155 Å². The minimum absolute atomic E-state index is 0.0142. The standard InChI is InChI=1S/C19H20N4O4/c1-13-10-15(11-19(25)26-13)27-14-6-8-22(9-7-14)18(24)12-23-17-5-3-2-4-16(17)20-21-23/h2-5,10-11,14H,6-9,12H2,1H3. The lowest BCUT2D eigenvalue weighted by Gasteiger charge is -2.32. The van der Waals surface area contributed by atoms with Crippen molar-refractivity contribution in [3.05, 3.63) is 52.6 Å². The van der Waals surface area contributed by atoms with Crippen LogP contribution in [0.15, 0.2) is 45.6 Å². The van der Waals surface area contributed by atoms with Crippen LogP contribution in [0.1, 0.15) is 18.6 Å². The first-order chi connectivity index (χ1) is 13.1. The second-order valence-electron chi connectivity index (χ2n) is 6.66. The molecule has 8 heteroatoms. The first-order valence-corrected chi connectivity index (χ1v) is 8.93. The Kier molecular flexibility index (Phi) is 4.62. The molecule has 1 saturated heterocycles. The van der Waals surface area contributed by atoms with E-state index in [9.17, 15) is 9.59 Å². The lowest BCUT2D eigenvalue weighted by atomic mass is 10.1. The predicted molar refractivity (Wildman–Crippen MR) is 97.5 cm³/mol. The number of piperidine rings is 1. The number of para-hydroxylation sites is 1. The van der Waals surface area contributed by atoms with Gasteiger partial charge in [0.1, 0.15) is 29.7 Å². The number of amides is 1. The lowest BCUT2D eigenvalue weighted by molar-refractivity contribution is -0.133. The Morgan fingerprint density at radius 2 is 2.04 bits per heavy atom. The monoisotopic (exact) mass is 368 g/mol. The third kappa shape index (κ3) is 3.84. The number of ether oxygens (including phenoxy) is 1. The van der Waals surface area contributed by atoms with Crippen molar-refractivity contribution in [3.8, 4) is 5.75 Å². The van der Waals surface area contributed by atoms with Gasteiger partial charge in [-0.3, -0.25) is 4.79 Å². The Bertz CT molecular complexity index is 1020. The largest absolute Gasteiger partial charge is 0.490 e. The van der Waals surface area contributed by atoms with E-state index in [-0.39, 0.29) is 18.6 Å². The molecule has 0 atom stereocenters. The first kappa shape index (κ1) is 17.3. The fraction of sp³-hybridized carbons (Fsp3) is 0.368. The van der Waals surface area contributed by atoms with E-state index >= 15 is 0 Å². The van der Waals surface area contributed by atoms with Gasteiger partial charge in [0.2, 0.25) is 5.91 Å². The summed E-state index contributed by atoms with van der Waals surface area (Å²) in [7, 11) is 0. The molecule has 1 amide bonds. The third-order valence-corrected chi connectivity index (χ3v) is 4.67. The molecule has 1 aliphatic rings. The van der Waals surface area contributed by atoms with Gasteiger partial charge in [-0.2, -0.15) is 0 Å². The number of likely N-dealkylation sites (tertiary alicyclic amines) is 1. The highest BCUT2D eigenvalue weighted by atomic mass is 16.5. The highest BCUT2D eigenvalue weighted by Gasteiger charge is 2.24. The third-order valence-electron chi connectivity index (χ3n) is 4.67. The van der Waals surface area contributed by atoms with Gasteiger partial charge in [0.25, 0.3) is 0 Å². The molecule has 0 unspecified atom stereocenters. The molecule has 3 aromatic rings. The fourth-order valence-electron chi connectivity index (χ4n) is 3.32. The number of aryl methyl sites for hydroxylation is 1. The maximum absolute atomic E-state index is 12.6. The lowest BCUT2D eigenvalue weighted by Crippen LogP contribution is -2.43. The molecule has 0 N–H and O–H groups in total. The molecule has 1 aromatic carbocycles. The van der Waals surface area contributed by atoms with Gasteiger partial charge in [-0.05, 0) is 19.1 Å². The molecular weight excluding hydrogens is 348 g/mol.